The van der Waals surface area contributed by atoms with Crippen LogP contribution in [-0.4, -0.2) is 37.4 Å². The molecule has 1 aromatic heterocycles. The zero-order valence-electron chi connectivity index (χ0n) is 14.4. The van der Waals surface area contributed by atoms with E-state index in [1.54, 1.807) is 0 Å². The van der Waals surface area contributed by atoms with E-state index in [2.05, 4.69) is 20.4 Å². The van der Waals surface area contributed by atoms with Gasteiger partial charge in [-0.3, -0.25) is 8.37 Å². The second-order valence-corrected chi connectivity index (χ2v) is 9.15. The number of hydrogen-bond donors (Lipinski definition) is 1. The SMILES string of the molecule is Cc1ccc2c(c1F)S(=O)(=O)C(N=Nc1nnc(C3COSO3)s1)=C(O)N2C. The Morgan fingerprint density at radius 1 is 1.36 bits per heavy atom. The van der Waals surface area contributed by atoms with Gasteiger partial charge in [-0.05, 0) is 18.6 Å². The number of halogens is 1. The molecule has 0 amide bonds. The molecule has 1 aromatic carbocycles. The van der Waals surface area contributed by atoms with Gasteiger partial charge in [-0.15, -0.1) is 20.4 Å². The van der Waals surface area contributed by atoms with E-state index in [-0.39, 0.29) is 23.0 Å². The minimum Gasteiger partial charge on any atom is -0.492 e. The Morgan fingerprint density at radius 3 is 2.86 bits per heavy atom. The van der Waals surface area contributed by atoms with Crippen LogP contribution in [0.1, 0.15) is 16.7 Å². The lowest BCUT2D eigenvalue weighted by Gasteiger charge is -2.27. The van der Waals surface area contributed by atoms with Crippen LogP contribution in [0.4, 0.5) is 15.2 Å². The van der Waals surface area contributed by atoms with Gasteiger partial charge in [0, 0.05) is 7.05 Å². The van der Waals surface area contributed by atoms with Gasteiger partial charge >= 0.3 is 0 Å². The largest absolute Gasteiger partial charge is 0.492 e. The molecule has 2 aliphatic rings. The molecule has 4 rings (SSSR count). The number of azo groups is 1. The molecule has 0 spiro atoms. The summed E-state index contributed by atoms with van der Waals surface area (Å²) in [5, 5.41) is 25.1. The fourth-order valence-electron chi connectivity index (χ4n) is 2.53. The van der Waals surface area contributed by atoms with Crippen molar-refractivity contribution < 1.29 is 26.3 Å². The second-order valence-electron chi connectivity index (χ2n) is 5.80. The van der Waals surface area contributed by atoms with Crippen molar-refractivity contribution in [1.82, 2.24) is 10.2 Å². The van der Waals surface area contributed by atoms with E-state index in [4.69, 9.17) is 8.37 Å². The molecule has 1 saturated heterocycles. The smallest absolute Gasteiger partial charge is 0.251 e. The molecule has 1 fully saturated rings. The molecule has 0 radical (unpaired) electrons. The monoisotopic (exact) mass is 445 g/mol. The third-order valence-electron chi connectivity index (χ3n) is 4.02. The Hall–Kier alpha value is -2.13. The molecule has 0 saturated carbocycles. The maximum absolute atomic E-state index is 14.6. The maximum Gasteiger partial charge on any atom is 0.251 e. The van der Waals surface area contributed by atoms with Crippen molar-refractivity contribution in [3.63, 3.8) is 0 Å². The van der Waals surface area contributed by atoms with Gasteiger partial charge in [0.1, 0.15) is 10.7 Å². The molecule has 2 aromatic rings. The standard InChI is InChI=1S/C14H12FN5O5S3/c1-6-3-4-7-10(9(6)15)28(22,23)12(13(21)20(7)2)17-19-14-18-16-11(26-14)8-5-24-27-25-8/h3-4,8,21H,5H2,1-2H3. The van der Waals surface area contributed by atoms with Crippen LogP contribution in [0, 0.1) is 12.7 Å². The summed E-state index contributed by atoms with van der Waals surface area (Å²) in [4.78, 5) is 0.563. The van der Waals surface area contributed by atoms with E-state index in [9.17, 15) is 17.9 Å². The minimum absolute atomic E-state index is 0.00799. The molecule has 2 aliphatic heterocycles. The van der Waals surface area contributed by atoms with Crippen LogP contribution in [0.3, 0.4) is 0 Å². The molecule has 0 bridgehead atoms. The summed E-state index contributed by atoms with van der Waals surface area (Å²) < 4.78 is 50.5. The summed E-state index contributed by atoms with van der Waals surface area (Å²) in [7, 11) is -3.04. The van der Waals surface area contributed by atoms with Crippen LogP contribution in [-0.2, 0) is 18.2 Å². The Labute approximate surface area is 167 Å². The third-order valence-corrected chi connectivity index (χ3v) is 7.16. The summed E-state index contributed by atoms with van der Waals surface area (Å²) in [5.74, 6) is -1.58. The average Bonchev–Trinajstić information content (AvgIpc) is 3.33. The summed E-state index contributed by atoms with van der Waals surface area (Å²) in [6.45, 7) is 1.73. The molecule has 0 aliphatic carbocycles. The highest BCUT2D eigenvalue weighted by Gasteiger charge is 2.39. The van der Waals surface area contributed by atoms with Crippen molar-refractivity contribution in [3.05, 3.63) is 39.4 Å². The molecule has 1 atom stereocenters. The summed E-state index contributed by atoms with van der Waals surface area (Å²) in [6.07, 6.45) is -0.410. The maximum atomic E-state index is 14.6. The van der Waals surface area contributed by atoms with E-state index >= 15 is 0 Å². The lowest BCUT2D eigenvalue weighted by atomic mass is 10.2. The molecule has 28 heavy (non-hydrogen) atoms. The predicted octanol–water partition coefficient (Wildman–Crippen LogP) is 3.33. The number of nitrogens with zero attached hydrogens (tertiary/aromatic N) is 5. The first-order valence-electron chi connectivity index (χ1n) is 7.72. The lowest BCUT2D eigenvalue weighted by molar-refractivity contribution is 0.246. The number of fused-ring (bicyclic) bond motifs is 1. The first-order valence-corrected chi connectivity index (χ1v) is 10.7. The van der Waals surface area contributed by atoms with Crippen LogP contribution in [0.5, 0.6) is 0 Å². The summed E-state index contributed by atoms with van der Waals surface area (Å²) >= 11 is 1.87. The Morgan fingerprint density at radius 2 is 2.14 bits per heavy atom. The number of sulfone groups is 1. The summed E-state index contributed by atoms with van der Waals surface area (Å²) in [5.41, 5.74) is 0.160. The van der Waals surface area contributed by atoms with Crippen LogP contribution in [0.25, 0.3) is 0 Å². The van der Waals surface area contributed by atoms with Crippen LogP contribution >= 0.6 is 23.7 Å². The Bertz CT molecular complexity index is 1110. The van der Waals surface area contributed by atoms with Crippen molar-refractivity contribution in [3.8, 4) is 0 Å². The van der Waals surface area contributed by atoms with Crippen molar-refractivity contribution in [1.29, 1.82) is 0 Å². The van der Waals surface area contributed by atoms with Crippen molar-refractivity contribution >= 4 is 44.3 Å². The van der Waals surface area contributed by atoms with Gasteiger partial charge in [-0.25, -0.2) is 12.8 Å². The molecular weight excluding hydrogens is 433 g/mol. The van der Waals surface area contributed by atoms with Gasteiger partial charge in [0.2, 0.25) is 20.7 Å². The van der Waals surface area contributed by atoms with Crippen LogP contribution < -0.4 is 4.90 Å². The fourth-order valence-corrected chi connectivity index (χ4v) is 5.34. The topological polar surface area (TPSA) is 127 Å². The van der Waals surface area contributed by atoms with Crippen molar-refractivity contribution in [2.24, 2.45) is 10.2 Å². The minimum atomic E-state index is -4.44. The first-order chi connectivity index (χ1) is 13.3. The number of benzene rings is 1. The van der Waals surface area contributed by atoms with Gasteiger partial charge in [-0.2, -0.15) is 0 Å². The highest BCUT2D eigenvalue weighted by molar-refractivity contribution is 7.95. The van der Waals surface area contributed by atoms with E-state index in [1.165, 1.54) is 26.1 Å². The normalized spacial score (nSPS) is 21.5. The van der Waals surface area contributed by atoms with Crippen molar-refractivity contribution in [2.45, 2.75) is 17.9 Å². The van der Waals surface area contributed by atoms with E-state index in [1.807, 2.05) is 0 Å². The highest BCUT2D eigenvalue weighted by atomic mass is 32.2. The third kappa shape index (κ3) is 3.06. The van der Waals surface area contributed by atoms with Gasteiger partial charge in [0.25, 0.3) is 5.13 Å². The van der Waals surface area contributed by atoms with Crippen molar-refractivity contribution in [2.75, 3.05) is 18.6 Å². The van der Waals surface area contributed by atoms with Gasteiger partial charge in [0.15, 0.2) is 23.4 Å². The Balaban J connectivity index is 1.72. The molecule has 10 nitrogen and oxygen atoms in total. The highest BCUT2D eigenvalue weighted by Crippen LogP contribution is 2.41. The summed E-state index contributed by atoms with van der Waals surface area (Å²) in [6, 6.07) is 2.84. The first kappa shape index (κ1) is 19.2. The van der Waals surface area contributed by atoms with E-state index in [0.29, 0.717) is 5.01 Å². The molecule has 14 heteroatoms. The number of aliphatic hydroxyl groups excluding tert-OH is 1. The molecule has 1 unspecified atom stereocenters. The quantitative estimate of drug-likeness (QED) is 0.559. The van der Waals surface area contributed by atoms with E-state index < -0.39 is 37.6 Å². The fraction of sp³-hybridized carbons (Fsp3) is 0.286. The number of hydrogen-bond acceptors (Lipinski definition) is 12. The average molecular weight is 445 g/mol. The number of rotatable bonds is 3. The van der Waals surface area contributed by atoms with Crippen LogP contribution in [0.2, 0.25) is 0 Å². The molecular formula is C14H12FN5O5S3. The van der Waals surface area contributed by atoms with E-state index in [0.717, 1.165) is 28.6 Å². The van der Waals surface area contributed by atoms with Gasteiger partial charge < -0.3 is 10.0 Å². The zero-order valence-corrected chi connectivity index (χ0v) is 16.8. The number of aromatic nitrogens is 2. The second kappa shape index (κ2) is 7.04. The molecule has 148 valence electrons. The number of aliphatic hydroxyl groups is 1. The van der Waals surface area contributed by atoms with Gasteiger partial charge in [0.05, 0.1) is 12.3 Å². The Kier molecular flexibility index (Phi) is 4.83. The van der Waals surface area contributed by atoms with Gasteiger partial charge in [-0.1, -0.05) is 17.4 Å². The van der Waals surface area contributed by atoms with Crippen LogP contribution in [0.15, 0.2) is 38.2 Å². The number of anilines is 1. The molecule has 1 N–H and O–H groups in total. The zero-order chi connectivity index (χ0) is 20.1. The predicted molar refractivity (Wildman–Crippen MR) is 98.2 cm³/mol. The number of aryl methyl sites for hydroxylation is 1. The lowest BCUT2D eigenvalue weighted by Crippen LogP contribution is -2.28. The molecule has 3 heterocycles.